The van der Waals surface area contributed by atoms with Gasteiger partial charge in [-0.25, -0.2) is 8.42 Å². The number of alkyl halides is 1. The van der Waals surface area contributed by atoms with E-state index >= 15 is 0 Å². The molecule has 0 amide bonds. The summed E-state index contributed by atoms with van der Waals surface area (Å²) in [6, 6.07) is 5.10. The topological polar surface area (TPSA) is 37.4 Å². The third-order valence-corrected chi connectivity index (χ3v) is 6.20. The molecule has 1 aromatic rings. The molecule has 0 bridgehead atoms. The Balaban J connectivity index is 3.32. The predicted octanol–water partition coefficient (Wildman–Crippen LogP) is 4.24. The molecule has 0 aliphatic carbocycles. The van der Waals surface area contributed by atoms with E-state index in [0.29, 0.717) is 16.9 Å². The van der Waals surface area contributed by atoms with Crippen LogP contribution in [0.5, 0.6) is 0 Å². The van der Waals surface area contributed by atoms with Gasteiger partial charge in [-0.2, -0.15) is 4.31 Å². The monoisotopic (exact) mass is 381 g/mol. The van der Waals surface area contributed by atoms with Crippen LogP contribution in [0, 0.1) is 5.92 Å². The first-order chi connectivity index (χ1) is 9.20. The second kappa shape index (κ2) is 7.25. The lowest BCUT2D eigenvalue weighted by atomic mass is 10.2. The third kappa shape index (κ3) is 4.20. The molecule has 0 atom stereocenters. The van der Waals surface area contributed by atoms with Crippen molar-refractivity contribution in [1.29, 1.82) is 0 Å². The van der Waals surface area contributed by atoms with E-state index in [0.717, 1.165) is 5.56 Å². The van der Waals surface area contributed by atoms with Gasteiger partial charge in [-0.15, -0.1) is 11.6 Å². The lowest BCUT2D eigenvalue weighted by Crippen LogP contribution is -2.39. The minimum absolute atomic E-state index is 0.0889. The first kappa shape index (κ1) is 18.0. The van der Waals surface area contributed by atoms with Gasteiger partial charge in [-0.3, -0.25) is 0 Å². The van der Waals surface area contributed by atoms with Crippen molar-refractivity contribution in [3.05, 3.63) is 28.2 Å². The molecule has 0 aliphatic heterocycles. The van der Waals surface area contributed by atoms with Gasteiger partial charge in [-0.05, 0) is 53.4 Å². The molecular weight excluding hydrogens is 362 g/mol. The fourth-order valence-corrected chi connectivity index (χ4v) is 4.84. The molecule has 0 unspecified atom stereocenters. The van der Waals surface area contributed by atoms with Crippen LogP contribution in [0.2, 0.25) is 0 Å². The number of benzene rings is 1. The van der Waals surface area contributed by atoms with Crippen molar-refractivity contribution in [3.63, 3.8) is 0 Å². The zero-order valence-corrected chi connectivity index (χ0v) is 15.4. The predicted molar refractivity (Wildman–Crippen MR) is 87.6 cm³/mol. The zero-order valence-electron chi connectivity index (χ0n) is 12.2. The highest BCUT2D eigenvalue weighted by molar-refractivity contribution is 9.10. The fourth-order valence-electron chi connectivity index (χ4n) is 1.90. The second-order valence-corrected chi connectivity index (χ2v) is 8.44. The fraction of sp³-hybridized carbons (Fsp3) is 0.571. The molecule has 0 radical (unpaired) electrons. The highest BCUT2D eigenvalue weighted by Gasteiger charge is 2.29. The third-order valence-electron chi connectivity index (χ3n) is 2.86. The van der Waals surface area contributed by atoms with Crippen LogP contribution in [-0.2, 0) is 15.9 Å². The van der Waals surface area contributed by atoms with E-state index < -0.39 is 10.0 Å². The van der Waals surface area contributed by atoms with E-state index in [1.807, 2.05) is 33.8 Å². The Hall–Kier alpha value is -0.100. The summed E-state index contributed by atoms with van der Waals surface area (Å²) in [5, 5.41) is 0. The van der Waals surface area contributed by atoms with Crippen molar-refractivity contribution < 1.29 is 8.42 Å². The summed E-state index contributed by atoms with van der Waals surface area (Å²) < 4.78 is 27.8. The highest BCUT2D eigenvalue weighted by atomic mass is 79.9. The second-order valence-electron chi connectivity index (χ2n) is 5.46. The Kier molecular flexibility index (Phi) is 6.51. The molecule has 6 heteroatoms. The first-order valence-electron chi connectivity index (χ1n) is 6.56. The maximum absolute atomic E-state index is 12.9. The van der Waals surface area contributed by atoms with Crippen LogP contribution in [0.4, 0.5) is 0 Å². The summed E-state index contributed by atoms with van der Waals surface area (Å²) in [7, 11) is -3.53. The van der Waals surface area contributed by atoms with Crippen molar-refractivity contribution in [2.24, 2.45) is 5.92 Å². The molecule has 114 valence electrons. The van der Waals surface area contributed by atoms with Gasteiger partial charge in [0.2, 0.25) is 10.0 Å². The number of sulfonamides is 1. The van der Waals surface area contributed by atoms with Crippen molar-refractivity contribution in [2.75, 3.05) is 6.54 Å². The van der Waals surface area contributed by atoms with E-state index in [1.54, 1.807) is 12.1 Å². The summed E-state index contributed by atoms with van der Waals surface area (Å²) in [5.74, 6) is 0.559. The van der Waals surface area contributed by atoms with Crippen LogP contribution >= 0.6 is 27.5 Å². The molecule has 0 heterocycles. The molecular formula is C14H21BrClNO2S. The van der Waals surface area contributed by atoms with E-state index in [2.05, 4.69) is 15.9 Å². The zero-order chi connectivity index (χ0) is 15.5. The van der Waals surface area contributed by atoms with Gasteiger partial charge in [0.05, 0.1) is 4.90 Å². The van der Waals surface area contributed by atoms with Gasteiger partial charge in [0.25, 0.3) is 0 Å². The van der Waals surface area contributed by atoms with Gasteiger partial charge in [0, 0.05) is 22.9 Å². The first-order valence-corrected chi connectivity index (χ1v) is 9.33. The Morgan fingerprint density at radius 1 is 1.25 bits per heavy atom. The largest absolute Gasteiger partial charge is 0.244 e. The minimum atomic E-state index is -3.53. The van der Waals surface area contributed by atoms with Crippen molar-refractivity contribution in [2.45, 2.75) is 44.5 Å². The molecule has 0 fully saturated rings. The van der Waals surface area contributed by atoms with Crippen LogP contribution in [0.3, 0.4) is 0 Å². The summed E-state index contributed by atoms with van der Waals surface area (Å²) >= 11 is 9.13. The van der Waals surface area contributed by atoms with E-state index in [-0.39, 0.29) is 16.9 Å². The number of hydrogen-bond donors (Lipinski definition) is 0. The average molecular weight is 383 g/mol. The lowest BCUT2D eigenvalue weighted by Gasteiger charge is -2.28. The highest BCUT2D eigenvalue weighted by Crippen LogP contribution is 2.28. The van der Waals surface area contributed by atoms with E-state index in [9.17, 15) is 8.42 Å². The van der Waals surface area contributed by atoms with Crippen molar-refractivity contribution >= 4 is 37.6 Å². The van der Waals surface area contributed by atoms with Crippen LogP contribution < -0.4 is 0 Å². The Morgan fingerprint density at radius 2 is 1.85 bits per heavy atom. The van der Waals surface area contributed by atoms with Gasteiger partial charge >= 0.3 is 0 Å². The molecule has 0 aliphatic rings. The van der Waals surface area contributed by atoms with E-state index in [1.165, 1.54) is 4.31 Å². The molecule has 3 nitrogen and oxygen atoms in total. The molecule has 0 aromatic heterocycles. The molecule has 0 N–H and O–H groups in total. The van der Waals surface area contributed by atoms with Gasteiger partial charge in [-0.1, -0.05) is 19.9 Å². The molecule has 0 saturated carbocycles. The minimum Gasteiger partial charge on any atom is -0.207 e. The summed E-state index contributed by atoms with van der Waals surface area (Å²) in [6.07, 6.45) is 0. The normalized spacial score (nSPS) is 12.7. The van der Waals surface area contributed by atoms with Gasteiger partial charge < -0.3 is 0 Å². The number of nitrogens with zero attached hydrogens (tertiary/aromatic N) is 1. The maximum Gasteiger partial charge on any atom is 0.244 e. The lowest BCUT2D eigenvalue weighted by molar-refractivity contribution is 0.318. The van der Waals surface area contributed by atoms with Crippen LogP contribution in [0.15, 0.2) is 27.6 Å². The van der Waals surface area contributed by atoms with Crippen molar-refractivity contribution in [3.8, 4) is 0 Å². The standard InChI is InChI=1S/C14H21BrClNO2S/c1-10(2)9-17(11(3)4)20(18,19)14-7-12(8-16)5-6-13(14)15/h5-7,10-11H,8-9H2,1-4H3. The Morgan fingerprint density at radius 3 is 2.30 bits per heavy atom. The Bertz CT molecular complexity index is 558. The van der Waals surface area contributed by atoms with Crippen LogP contribution in [-0.4, -0.2) is 25.3 Å². The molecule has 20 heavy (non-hydrogen) atoms. The maximum atomic E-state index is 12.9. The summed E-state index contributed by atoms with van der Waals surface area (Å²) in [5.41, 5.74) is 0.793. The summed E-state index contributed by atoms with van der Waals surface area (Å²) in [6.45, 7) is 8.29. The number of rotatable bonds is 6. The smallest absolute Gasteiger partial charge is 0.207 e. The van der Waals surface area contributed by atoms with Gasteiger partial charge in [0.15, 0.2) is 0 Å². The molecule has 0 saturated heterocycles. The molecule has 1 rings (SSSR count). The SMILES string of the molecule is CC(C)CN(C(C)C)S(=O)(=O)c1cc(CCl)ccc1Br. The van der Waals surface area contributed by atoms with Gasteiger partial charge in [0.1, 0.15) is 0 Å². The Labute approximate surface area is 135 Å². The van der Waals surface area contributed by atoms with Crippen LogP contribution in [0.1, 0.15) is 33.3 Å². The number of halogens is 2. The molecule has 0 spiro atoms. The van der Waals surface area contributed by atoms with Crippen molar-refractivity contribution in [1.82, 2.24) is 4.31 Å². The summed E-state index contributed by atoms with van der Waals surface area (Å²) in [4.78, 5) is 0.282. The average Bonchev–Trinajstić information content (AvgIpc) is 2.35. The quantitative estimate of drug-likeness (QED) is 0.690. The number of hydrogen-bond acceptors (Lipinski definition) is 2. The van der Waals surface area contributed by atoms with Crippen LogP contribution in [0.25, 0.3) is 0 Å². The van der Waals surface area contributed by atoms with E-state index in [4.69, 9.17) is 11.6 Å². The molecule has 1 aromatic carbocycles.